The highest BCUT2D eigenvalue weighted by Crippen LogP contribution is 2.35. The zero-order chi connectivity index (χ0) is 20.1. The Morgan fingerprint density at radius 3 is 2.07 bits per heavy atom. The van der Waals surface area contributed by atoms with Crippen molar-refractivity contribution in [2.75, 3.05) is 27.9 Å². The third-order valence-corrected chi connectivity index (χ3v) is 7.40. The van der Waals surface area contributed by atoms with Crippen LogP contribution in [0.15, 0.2) is 54.6 Å². The Morgan fingerprint density at radius 2 is 1.46 bits per heavy atom. The van der Waals surface area contributed by atoms with Gasteiger partial charge < -0.3 is 9.80 Å². The molecule has 1 amide bonds. The summed E-state index contributed by atoms with van der Waals surface area (Å²) >= 11 is 0. The number of benzene rings is 2. The monoisotopic (exact) mass is 398 g/mol. The molecule has 0 spiro atoms. The highest BCUT2D eigenvalue weighted by Gasteiger charge is 2.49. The number of anilines is 2. The van der Waals surface area contributed by atoms with E-state index in [4.69, 9.17) is 0 Å². The van der Waals surface area contributed by atoms with Gasteiger partial charge in [0.15, 0.2) is 9.84 Å². The molecule has 2 unspecified atom stereocenters. The molecule has 0 radical (unpaired) electrons. The fourth-order valence-corrected chi connectivity index (χ4v) is 6.19. The molecule has 2 atom stereocenters. The fraction of sp³-hybridized carbons (Fsp3) is 0.409. The number of hydrogen-bond acceptors (Lipinski definition) is 4. The second kappa shape index (κ2) is 6.62. The fourth-order valence-electron chi connectivity index (χ4n) is 4.24. The zero-order valence-electron chi connectivity index (χ0n) is 16.5. The van der Waals surface area contributed by atoms with Crippen molar-refractivity contribution in [1.82, 2.24) is 0 Å². The number of nitrogens with zero attached hydrogens (tertiary/aromatic N) is 2. The van der Waals surface area contributed by atoms with Crippen LogP contribution in [-0.2, 0) is 20.0 Å². The van der Waals surface area contributed by atoms with Crippen molar-refractivity contribution in [2.24, 2.45) is 0 Å². The van der Waals surface area contributed by atoms with Gasteiger partial charge in [-0.25, -0.2) is 8.42 Å². The number of fused-ring (bicyclic) bond motifs is 1. The van der Waals surface area contributed by atoms with Crippen LogP contribution in [0.3, 0.4) is 0 Å². The maximum Gasteiger partial charge on any atom is 0.246 e. The average Bonchev–Trinajstić information content (AvgIpc) is 2.96. The van der Waals surface area contributed by atoms with Gasteiger partial charge in [0.1, 0.15) is 0 Å². The molecular weight excluding hydrogens is 372 g/mol. The summed E-state index contributed by atoms with van der Waals surface area (Å²) in [5.41, 5.74) is 2.92. The largest absolute Gasteiger partial charge is 0.356 e. The van der Waals surface area contributed by atoms with Gasteiger partial charge >= 0.3 is 0 Å². The van der Waals surface area contributed by atoms with E-state index in [1.165, 1.54) is 5.56 Å². The SMILES string of the molecule is CC(C)(C)c1ccc(N2CC(=O)N(c3ccccc3)C3CS(=O)(=O)CC32)cc1. The number of amides is 1. The molecule has 0 aromatic heterocycles. The molecule has 2 aliphatic heterocycles. The zero-order valence-corrected chi connectivity index (χ0v) is 17.3. The summed E-state index contributed by atoms with van der Waals surface area (Å²) in [7, 11) is -3.20. The standard InChI is InChI=1S/C22H26N2O3S/c1-22(2,3)16-9-11-17(12-10-16)23-13-21(25)24(18-7-5-4-6-8-18)20-15-28(26,27)14-19(20)23/h4-12,19-20H,13-15H2,1-3H3. The number of sulfone groups is 1. The quantitative estimate of drug-likeness (QED) is 0.780. The van der Waals surface area contributed by atoms with Gasteiger partial charge in [-0.2, -0.15) is 0 Å². The van der Waals surface area contributed by atoms with E-state index >= 15 is 0 Å². The molecular formula is C22H26N2O3S. The van der Waals surface area contributed by atoms with E-state index in [0.717, 1.165) is 11.4 Å². The molecule has 2 aromatic rings. The number of piperazine rings is 1. The molecule has 6 heteroatoms. The first-order chi connectivity index (χ1) is 13.2. The Kier molecular flexibility index (Phi) is 4.49. The van der Waals surface area contributed by atoms with Crippen LogP contribution in [0, 0.1) is 0 Å². The maximum atomic E-state index is 13.0. The van der Waals surface area contributed by atoms with Crippen LogP contribution in [0.25, 0.3) is 0 Å². The molecule has 2 saturated heterocycles. The van der Waals surface area contributed by atoms with Crippen LogP contribution in [0.2, 0.25) is 0 Å². The molecule has 5 nitrogen and oxygen atoms in total. The van der Waals surface area contributed by atoms with Gasteiger partial charge in [0.05, 0.1) is 30.1 Å². The number of rotatable bonds is 2. The minimum absolute atomic E-state index is 0.00881. The lowest BCUT2D eigenvalue weighted by Crippen LogP contribution is -2.62. The van der Waals surface area contributed by atoms with Crippen molar-refractivity contribution in [3.05, 3.63) is 60.2 Å². The normalized spacial score (nSPS) is 24.3. The number of carbonyl (C=O) groups is 1. The van der Waals surface area contributed by atoms with Crippen LogP contribution in [-0.4, -0.2) is 44.5 Å². The van der Waals surface area contributed by atoms with E-state index in [0.29, 0.717) is 0 Å². The minimum atomic E-state index is -3.20. The summed E-state index contributed by atoms with van der Waals surface area (Å²) in [6.07, 6.45) is 0. The molecule has 0 bridgehead atoms. The van der Waals surface area contributed by atoms with Crippen molar-refractivity contribution in [2.45, 2.75) is 38.3 Å². The van der Waals surface area contributed by atoms with Crippen LogP contribution < -0.4 is 9.80 Å². The minimum Gasteiger partial charge on any atom is -0.356 e. The Labute approximate surface area is 166 Å². The maximum absolute atomic E-state index is 13.0. The van der Waals surface area contributed by atoms with Gasteiger partial charge in [0.2, 0.25) is 5.91 Å². The number of hydrogen-bond donors (Lipinski definition) is 0. The van der Waals surface area contributed by atoms with Crippen molar-refractivity contribution in [3.8, 4) is 0 Å². The van der Waals surface area contributed by atoms with E-state index in [-0.39, 0.29) is 41.5 Å². The first kappa shape index (κ1) is 19.0. The summed E-state index contributed by atoms with van der Waals surface area (Å²) < 4.78 is 25.0. The first-order valence-electron chi connectivity index (χ1n) is 9.60. The molecule has 0 N–H and O–H groups in total. The topological polar surface area (TPSA) is 57.7 Å². The van der Waals surface area contributed by atoms with Gasteiger partial charge in [-0.05, 0) is 35.2 Å². The lowest BCUT2D eigenvalue weighted by atomic mass is 9.87. The molecule has 148 valence electrons. The molecule has 28 heavy (non-hydrogen) atoms. The van der Waals surface area contributed by atoms with E-state index in [1.54, 1.807) is 4.90 Å². The highest BCUT2D eigenvalue weighted by molar-refractivity contribution is 7.91. The lowest BCUT2D eigenvalue weighted by Gasteiger charge is -2.44. The Hall–Kier alpha value is -2.34. The molecule has 0 aliphatic carbocycles. The molecule has 2 aromatic carbocycles. The van der Waals surface area contributed by atoms with Gasteiger partial charge in [-0.15, -0.1) is 0 Å². The van der Waals surface area contributed by atoms with Gasteiger partial charge in [0.25, 0.3) is 0 Å². The van der Waals surface area contributed by atoms with Crippen molar-refractivity contribution < 1.29 is 13.2 Å². The highest BCUT2D eigenvalue weighted by atomic mass is 32.2. The predicted molar refractivity (Wildman–Crippen MR) is 113 cm³/mol. The Bertz CT molecular complexity index is 979. The Balaban J connectivity index is 1.71. The summed E-state index contributed by atoms with van der Waals surface area (Å²) in [5.74, 6) is 0.0222. The van der Waals surface area contributed by atoms with Gasteiger partial charge in [0, 0.05) is 11.4 Å². The van der Waals surface area contributed by atoms with E-state index in [1.807, 2.05) is 47.4 Å². The van der Waals surface area contributed by atoms with Crippen LogP contribution >= 0.6 is 0 Å². The summed E-state index contributed by atoms with van der Waals surface area (Å²) in [5, 5.41) is 0. The van der Waals surface area contributed by atoms with Crippen LogP contribution in [0.1, 0.15) is 26.3 Å². The van der Waals surface area contributed by atoms with E-state index in [9.17, 15) is 13.2 Å². The smallest absolute Gasteiger partial charge is 0.246 e. The number of carbonyl (C=O) groups excluding carboxylic acids is 1. The van der Waals surface area contributed by atoms with E-state index in [2.05, 4.69) is 32.9 Å². The lowest BCUT2D eigenvalue weighted by molar-refractivity contribution is -0.118. The Morgan fingerprint density at radius 1 is 0.857 bits per heavy atom. The molecule has 2 heterocycles. The van der Waals surface area contributed by atoms with Crippen LogP contribution in [0.5, 0.6) is 0 Å². The summed E-state index contributed by atoms with van der Waals surface area (Å²) in [4.78, 5) is 16.7. The predicted octanol–water partition coefficient (Wildman–Crippen LogP) is 3.00. The number of para-hydroxylation sites is 1. The van der Waals surface area contributed by atoms with Crippen molar-refractivity contribution in [3.63, 3.8) is 0 Å². The third kappa shape index (κ3) is 3.41. The second-order valence-corrected chi connectivity index (χ2v) is 10.9. The summed E-state index contributed by atoms with van der Waals surface area (Å²) in [6, 6.07) is 16.9. The van der Waals surface area contributed by atoms with Crippen molar-refractivity contribution >= 4 is 27.1 Å². The van der Waals surface area contributed by atoms with Crippen molar-refractivity contribution in [1.29, 1.82) is 0 Å². The summed E-state index contributed by atoms with van der Waals surface area (Å²) in [6.45, 7) is 6.65. The first-order valence-corrected chi connectivity index (χ1v) is 11.4. The van der Waals surface area contributed by atoms with Gasteiger partial charge in [-0.3, -0.25) is 4.79 Å². The molecule has 2 fully saturated rings. The average molecular weight is 399 g/mol. The van der Waals surface area contributed by atoms with Gasteiger partial charge in [-0.1, -0.05) is 51.1 Å². The molecule has 0 saturated carbocycles. The second-order valence-electron chi connectivity index (χ2n) is 8.74. The van der Waals surface area contributed by atoms with Crippen LogP contribution in [0.4, 0.5) is 11.4 Å². The van der Waals surface area contributed by atoms with E-state index < -0.39 is 9.84 Å². The molecule has 2 aliphatic rings. The third-order valence-electron chi connectivity index (χ3n) is 5.70. The molecule has 4 rings (SSSR count).